The summed E-state index contributed by atoms with van der Waals surface area (Å²) in [5.74, 6) is 0.963. The van der Waals surface area contributed by atoms with E-state index in [2.05, 4.69) is 21.2 Å². The van der Waals surface area contributed by atoms with Crippen LogP contribution in [0, 0.1) is 0 Å². The molecule has 1 aromatic rings. The Hall–Kier alpha value is -1.27. The van der Waals surface area contributed by atoms with Gasteiger partial charge in [0.2, 0.25) is 0 Å². The molecular formula is C15H23BrN2O3. The molecule has 6 heteroatoms. The van der Waals surface area contributed by atoms with Crippen LogP contribution < -0.4 is 20.5 Å². The average molecular weight is 359 g/mol. The molecule has 3 N–H and O–H groups in total. The highest BCUT2D eigenvalue weighted by Gasteiger charge is 2.19. The number of ether oxygens (including phenoxy) is 2. The van der Waals surface area contributed by atoms with Crippen molar-refractivity contribution in [2.45, 2.75) is 39.8 Å². The van der Waals surface area contributed by atoms with Gasteiger partial charge in [0.05, 0.1) is 11.1 Å². The highest BCUT2D eigenvalue weighted by atomic mass is 79.9. The van der Waals surface area contributed by atoms with Crippen molar-refractivity contribution in [3.8, 4) is 11.5 Å². The molecular weight excluding hydrogens is 336 g/mol. The van der Waals surface area contributed by atoms with Gasteiger partial charge in [0.25, 0.3) is 5.91 Å². The lowest BCUT2D eigenvalue weighted by Crippen LogP contribution is -2.36. The SMILES string of the molecule is CCCNC(=O)C(C)Oc1c(Br)cc(CN)cc1OCC. The lowest BCUT2D eigenvalue weighted by atomic mass is 10.2. The molecule has 0 aliphatic rings. The lowest BCUT2D eigenvalue weighted by Gasteiger charge is -2.19. The fraction of sp³-hybridized carbons (Fsp3) is 0.533. The normalized spacial score (nSPS) is 11.9. The van der Waals surface area contributed by atoms with E-state index in [1.54, 1.807) is 6.92 Å². The van der Waals surface area contributed by atoms with Crippen LogP contribution in [0.1, 0.15) is 32.8 Å². The first-order chi connectivity index (χ1) is 10.0. The number of carbonyl (C=O) groups is 1. The molecule has 1 rings (SSSR count). The molecule has 0 radical (unpaired) electrons. The minimum atomic E-state index is -0.601. The van der Waals surface area contributed by atoms with E-state index in [9.17, 15) is 4.79 Å². The molecule has 0 spiro atoms. The van der Waals surface area contributed by atoms with Gasteiger partial charge < -0.3 is 20.5 Å². The summed E-state index contributed by atoms with van der Waals surface area (Å²) in [6.07, 6.45) is 0.285. The largest absolute Gasteiger partial charge is 0.490 e. The number of benzene rings is 1. The van der Waals surface area contributed by atoms with Gasteiger partial charge >= 0.3 is 0 Å². The Morgan fingerprint density at radius 3 is 2.71 bits per heavy atom. The second kappa shape index (κ2) is 8.89. The zero-order valence-corrected chi connectivity index (χ0v) is 14.3. The van der Waals surface area contributed by atoms with Crippen molar-refractivity contribution in [1.82, 2.24) is 5.32 Å². The summed E-state index contributed by atoms with van der Waals surface area (Å²) in [7, 11) is 0. The monoisotopic (exact) mass is 358 g/mol. The number of hydrogen-bond donors (Lipinski definition) is 2. The van der Waals surface area contributed by atoms with Crippen LogP contribution >= 0.6 is 15.9 Å². The number of nitrogens with one attached hydrogen (secondary N) is 1. The maximum atomic E-state index is 11.9. The molecule has 1 unspecified atom stereocenters. The third-order valence-electron chi connectivity index (χ3n) is 2.82. The number of hydrogen-bond acceptors (Lipinski definition) is 4. The van der Waals surface area contributed by atoms with E-state index < -0.39 is 6.10 Å². The Kier molecular flexibility index (Phi) is 7.53. The molecule has 21 heavy (non-hydrogen) atoms. The van der Waals surface area contributed by atoms with Crippen LogP contribution in [0.15, 0.2) is 16.6 Å². The zero-order valence-electron chi connectivity index (χ0n) is 12.7. The molecule has 1 aromatic carbocycles. The zero-order chi connectivity index (χ0) is 15.8. The Morgan fingerprint density at radius 2 is 2.14 bits per heavy atom. The van der Waals surface area contributed by atoms with Gasteiger partial charge in [0.15, 0.2) is 17.6 Å². The van der Waals surface area contributed by atoms with E-state index in [0.29, 0.717) is 31.2 Å². The number of rotatable bonds is 8. The van der Waals surface area contributed by atoms with Crippen LogP contribution in [0.3, 0.4) is 0 Å². The van der Waals surface area contributed by atoms with Gasteiger partial charge in [0.1, 0.15) is 0 Å². The summed E-state index contributed by atoms with van der Waals surface area (Å²) >= 11 is 3.45. The number of carbonyl (C=O) groups excluding carboxylic acids is 1. The molecule has 0 aromatic heterocycles. The topological polar surface area (TPSA) is 73.6 Å². The van der Waals surface area contributed by atoms with Gasteiger partial charge in [-0.2, -0.15) is 0 Å². The van der Waals surface area contributed by atoms with Gasteiger partial charge in [-0.05, 0) is 53.9 Å². The van der Waals surface area contributed by atoms with Crippen molar-refractivity contribution in [3.05, 3.63) is 22.2 Å². The predicted molar refractivity (Wildman–Crippen MR) is 86.6 cm³/mol. The van der Waals surface area contributed by atoms with Crippen molar-refractivity contribution in [1.29, 1.82) is 0 Å². The second-order valence-corrected chi connectivity index (χ2v) is 5.45. The van der Waals surface area contributed by atoms with Gasteiger partial charge in [-0.3, -0.25) is 4.79 Å². The fourth-order valence-electron chi connectivity index (χ4n) is 1.74. The molecule has 1 atom stereocenters. The van der Waals surface area contributed by atoms with Crippen molar-refractivity contribution >= 4 is 21.8 Å². The molecule has 0 saturated carbocycles. The maximum Gasteiger partial charge on any atom is 0.260 e. The number of halogens is 1. The van der Waals surface area contributed by atoms with Gasteiger partial charge in [0, 0.05) is 13.1 Å². The predicted octanol–water partition coefficient (Wildman–Crippen LogP) is 2.60. The fourth-order valence-corrected chi connectivity index (χ4v) is 2.32. The Morgan fingerprint density at radius 1 is 1.43 bits per heavy atom. The quantitative estimate of drug-likeness (QED) is 0.748. The van der Waals surface area contributed by atoms with Crippen LogP contribution in [-0.4, -0.2) is 25.2 Å². The summed E-state index contributed by atoms with van der Waals surface area (Å²) in [6.45, 7) is 7.16. The molecule has 0 bridgehead atoms. The van der Waals surface area contributed by atoms with E-state index in [-0.39, 0.29) is 5.91 Å². The highest BCUT2D eigenvalue weighted by molar-refractivity contribution is 9.10. The molecule has 0 saturated heterocycles. The molecule has 5 nitrogen and oxygen atoms in total. The first-order valence-corrected chi connectivity index (χ1v) is 7.92. The van der Waals surface area contributed by atoms with Crippen LogP contribution in [-0.2, 0) is 11.3 Å². The van der Waals surface area contributed by atoms with Crippen molar-refractivity contribution in [2.75, 3.05) is 13.2 Å². The second-order valence-electron chi connectivity index (χ2n) is 4.59. The molecule has 1 amide bonds. The standard InChI is InChI=1S/C15H23BrN2O3/c1-4-6-18-15(19)10(3)21-14-12(16)7-11(9-17)8-13(14)20-5-2/h7-8,10H,4-6,9,17H2,1-3H3,(H,18,19). The summed E-state index contributed by atoms with van der Waals surface area (Å²) in [4.78, 5) is 11.9. The highest BCUT2D eigenvalue weighted by Crippen LogP contribution is 2.37. The van der Waals surface area contributed by atoms with Crippen molar-refractivity contribution in [2.24, 2.45) is 5.73 Å². The van der Waals surface area contributed by atoms with Crippen LogP contribution in [0.5, 0.6) is 11.5 Å². The summed E-state index contributed by atoms with van der Waals surface area (Å²) in [6, 6.07) is 3.70. The van der Waals surface area contributed by atoms with Crippen LogP contribution in [0.25, 0.3) is 0 Å². The molecule has 0 aliphatic heterocycles. The smallest absolute Gasteiger partial charge is 0.260 e. The van der Waals surface area contributed by atoms with E-state index in [4.69, 9.17) is 15.2 Å². The lowest BCUT2D eigenvalue weighted by molar-refractivity contribution is -0.127. The maximum absolute atomic E-state index is 11.9. The van der Waals surface area contributed by atoms with E-state index in [0.717, 1.165) is 16.5 Å². The Balaban J connectivity index is 2.92. The first-order valence-electron chi connectivity index (χ1n) is 7.13. The average Bonchev–Trinajstić information content (AvgIpc) is 2.47. The molecule has 118 valence electrons. The van der Waals surface area contributed by atoms with E-state index >= 15 is 0 Å². The Labute approximate surface area is 134 Å². The van der Waals surface area contributed by atoms with Crippen molar-refractivity contribution < 1.29 is 14.3 Å². The Bertz CT molecular complexity index is 480. The summed E-state index contributed by atoms with van der Waals surface area (Å²) in [5.41, 5.74) is 6.59. The third kappa shape index (κ3) is 5.21. The van der Waals surface area contributed by atoms with Gasteiger partial charge in [-0.15, -0.1) is 0 Å². The number of nitrogens with two attached hydrogens (primary N) is 1. The summed E-state index contributed by atoms with van der Waals surface area (Å²) in [5, 5.41) is 2.81. The minimum absolute atomic E-state index is 0.144. The molecule has 0 heterocycles. The van der Waals surface area contributed by atoms with Crippen molar-refractivity contribution in [3.63, 3.8) is 0 Å². The third-order valence-corrected chi connectivity index (χ3v) is 3.41. The minimum Gasteiger partial charge on any atom is -0.490 e. The first kappa shape index (κ1) is 17.8. The van der Waals surface area contributed by atoms with E-state index in [1.165, 1.54) is 0 Å². The molecule has 0 fully saturated rings. The van der Waals surface area contributed by atoms with Crippen LogP contribution in [0.2, 0.25) is 0 Å². The number of amides is 1. The van der Waals surface area contributed by atoms with Crippen LogP contribution in [0.4, 0.5) is 0 Å². The van der Waals surface area contributed by atoms with Gasteiger partial charge in [-0.25, -0.2) is 0 Å². The van der Waals surface area contributed by atoms with E-state index in [1.807, 2.05) is 26.0 Å². The summed E-state index contributed by atoms with van der Waals surface area (Å²) < 4.78 is 12.1. The van der Waals surface area contributed by atoms with Gasteiger partial charge in [-0.1, -0.05) is 6.92 Å². The molecule has 0 aliphatic carbocycles.